The van der Waals surface area contributed by atoms with Crippen LogP contribution in [0.1, 0.15) is 17.2 Å². The largest absolute Gasteiger partial charge is 0.496 e. The molecule has 140 valence electrons. The number of hydrogen-bond acceptors (Lipinski definition) is 5. The molecule has 0 radical (unpaired) electrons. The molecule has 6 heteroatoms. The number of benzene rings is 2. The summed E-state index contributed by atoms with van der Waals surface area (Å²) in [4.78, 5) is 4.11. The maximum Gasteiger partial charge on any atom is 0.177 e. The van der Waals surface area contributed by atoms with Crippen LogP contribution in [0.2, 0.25) is 5.02 Å². The molecule has 28 heavy (non-hydrogen) atoms. The van der Waals surface area contributed by atoms with E-state index in [2.05, 4.69) is 10.1 Å². The predicted molar refractivity (Wildman–Crippen MR) is 107 cm³/mol. The van der Waals surface area contributed by atoms with Crippen LogP contribution in [0.15, 0.2) is 77.6 Å². The van der Waals surface area contributed by atoms with Crippen molar-refractivity contribution in [2.45, 2.75) is 6.10 Å². The van der Waals surface area contributed by atoms with E-state index in [1.807, 2.05) is 42.5 Å². The number of aromatic nitrogens is 2. The standard InChI is InChI=1S/C22H17ClN2O3/c1-27-18-7-3-2-6-17(18)22-19(21(26)15-5-4-12-24-13-15)20(25-28-22)14-8-10-16(23)11-9-14/h2-13,21,26H,1H3. The molecule has 0 aliphatic rings. The molecule has 0 aliphatic heterocycles. The number of aliphatic hydroxyl groups excluding tert-OH is 1. The van der Waals surface area contributed by atoms with Crippen molar-refractivity contribution in [1.82, 2.24) is 10.1 Å². The number of rotatable bonds is 5. The van der Waals surface area contributed by atoms with Crippen LogP contribution in [0.25, 0.3) is 22.6 Å². The van der Waals surface area contributed by atoms with E-state index < -0.39 is 6.10 Å². The van der Waals surface area contributed by atoms with Crippen LogP contribution in [-0.4, -0.2) is 22.4 Å². The van der Waals surface area contributed by atoms with Gasteiger partial charge in [0.25, 0.3) is 0 Å². The molecule has 0 fully saturated rings. The van der Waals surface area contributed by atoms with E-state index in [-0.39, 0.29) is 0 Å². The first-order valence-electron chi connectivity index (χ1n) is 8.66. The van der Waals surface area contributed by atoms with Gasteiger partial charge in [-0.1, -0.05) is 47.1 Å². The second-order valence-electron chi connectivity index (χ2n) is 6.17. The van der Waals surface area contributed by atoms with E-state index in [4.69, 9.17) is 20.9 Å². The lowest BCUT2D eigenvalue weighted by Gasteiger charge is -2.14. The van der Waals surface area contributed by atoms with E-state index >= 15 is 0 Å². The van der Waals surface area contributed by atoms with E-state index in [0.717, 1.165) is 5.56 Å². The monoisotopic (exact) mass is 392 g/mol. The molecule has 0 amide bonds. The first kappa shape index (κ1) is 18.2. The molecule has 0 aliphatic carbocycles. The minimum atomic E-state index is -0.981. The highest BCUT2D eigenvalue weighted by Gasteiger charge is 2.28. The van der Waals surface area contributed by atoms with Crippen molar-refractivity contribution in [3.8, 4) is 28.3 Å². The van der Waals surface area contributed by atoms with Crippen LogP contribution < -0.4 is 4.74 Å². The van der Waals surface area contributed by atoms with Gasteiger partial charge in [0.1, 0.15) is 17.5 Å². The SMILES string of the molecule is COc1ccccc1-c1onc(-c2ccc(Cl)cc2)c1C(O)c1cccnc1. The molecule has 1 unspecified atom stereocenters. The number of ether oxygens (including phenoxy) is 1. The van der Waals surface area contributed by atoms with Gasteiger partial charge in [-0.15, -0.1) is 0 Å². The lowest BCUT2D eigenvalue weighted by molar-refractivity contribution is 0.220. The highest BCUT2D eigenvalue weighted by molar-refractivity contribution is 6.30. The fourth-order valence-electron chi connectivity index (χ4n) is 3.10. The number of aliphatic hydroxyl groups is 1. The van der Waals surface area contributed by atoms with Crippen LogP contribution in [0.3, 0.4) is 0 Å². The van der Waals surface area contributed by atoms with Gasteiger partial charge in [-0.3, -0.25) is 4.98 Å². The Morgan fingerprint density at radius 3 is 2.54 bits per heavy atom. The molecular weight excluding hydrogens is 376 g/mol. The number of pyridine rings is 1. The Labute approximate surface area is 167 Å². The zero-order valence-electron chi connectivity index (χ0n) is 15.0. The van der Waals surface area contributed by atoms with Crippen LogP contribution >= 0.6 is 11.6 Å². The molecule has 1 N–H and O–H groups in total. The summed E-state index contributed by atoms with van der Waals surface area (Å²) in [5, 5.41) is 16.1. The van der Waals surface area contributed by atoms with E-state index in [9.17, 15) is 5.11 Å². The Morgan fingerprint density at radius 2 is 1.82 bits per heavy atom. The average Bonchev–Trinajstić information content (AvgIpc) is 3.19. The van der Waals surface area contributed by atoms with Gasteiger partial charge >= 0.3 is 0 Å². The Hall–Kier alpha value is -3.15. The maximum absolute atomic E-state index is 11.2. The fourth-order valence-corrected chi connectivity index (χ4v) is 3.22. The summed E-state index contributed by atoms with van der Waals surface area (Å²) in [7, 11) is 1.59. The highest BCUT2D eigenvalue weighted by Crippen LogP contribution is 2.41. The normalized spacial score (nSPS) is 12.0. The van der Waals surface area contributed by atoms with Crippen LogP contribution in [0.4, 0.5) is 0 Å². The lowest BCUT2D eigenvalue weighted by atomic mass is 9.94. The number of halogens is 1. The van der Waals surface area contributed by atoms with E-state index in [1.165, 1.54) is 0 Å². The van der Waals surface area contributed by atoms with Gasteiger partial charge in [-0.05, 0) is 30.3 Å². The summed E-state index contributed by atoms with van der Waals surface area (Å²) < 4.78 is 11.2. The third-order valence-electron chi connectivity index (χ3n) is 4.47. The number of methoxy groups -OCH3 is 1. The van der Waals surface area contributed by atoms with Gasteiger partial charge in [0, 0.05) is 28.5 Å². The van der Waals surface area contributed by atoms with Crippen molar-refractivity contribution in [3.63, 3.8) is 0 Å². The smallest absolute Gasteiger partial charge is 0.177 e. The molecule has 0 saturated carbocycles. The number of nitrogens with zero attached hydrogens (tertiary/aromatic N) is 2. The Kier molecular flexibility index (Phi) is 5.10. The third kappa shape index (κ3) is 3.38. The molecule has 2 aromatic carbocycles. The molecule has 4 aromatic rings. The fraction of sp³-hybridized carbons (Fsp3) is 0.0909. The molecule has 0 spiro atoms. The van der Waals surface area contributed by atoms with Crippen molar-refractivity contribution in [2.24, 2.45) is 0 Å². The minimum Gasteiger partial charge on any atom is -0.496 e. The Balaban J connectivity index is 1.93. The second kappa shape index (κ2) is 7.84. The molecule has 2 aromatic heterocycles. The van der Waals surface area contributed by atoms with Crippen LogP contribution in [0.5, 0.6) is 5.75 Å². The zero-order chi connectivity index (χ0) is 19.5. The van der Waals surface area contributed by atoms with Crippen LogP contribution in [-0.2, 0) is 0 Å². The van der Waals surface area contributed by atoms with Gasteiger partial charge in [0.2, 0.25) is 0 Å². The predicted octanol–water partition coefficient (Wildman–Crippen LogP) is 5.15. The molecule has 2 heterocycles. The van der Waals surface area contributed by atoms with E-state index in [1.54, 1.807) is 37.7 Å². The number of para-hydroxylation sites is 1. The average molecular weight is 393 g/mol. The number of hydrogen-bond donors (Lipinski definition) is 1. The first-order valence-corrected chi connectivity index (χ1v) is 9.03. The zero-order valence-corrected chi connectivity index (χ0v) is 15.8. The van der Waals surface area contributed by atoms with Crippen molar-refractivity contribution >= 4 is 11.6 Å². The Bertz CT molecular complexity index is 1080. The second-order valence-corrected chi connectivity index (χ2v) is 6.61. The van der Waals surface area contributed by atoms with Gasteiger partial charge in [-0.2, -0.15) is 0 Å². The minimum absolute atomic E-state index is 0.443. The molecule has 0 saturated heterocycles. The van der Waals surface area contributed by atoms with Gasteiger partial charge < -0.3 is 14.4 Å². The van der Waals surface area contributed by atoms with Gasteiger partial charge in [0.05, 0.1) is 18.2 Å². The van der Waals surface area contributed by atoms with Crippen molar-refractivity contribution in [1.29, 1.82) is 0 Å². The first-order chi connectivity index (χ1) is 13.7. The summed E-state index contributed by atoms with van der Waals surface area (Å²) in [5.74, 6) is 1.07. The molecular formula is C22H17ClN2O3. The van der Waals surface area contributed by atoms with Gasteiger partial charge in [-0.25, -0.2) is 0 Å². The van der Waals surface area contributed by atoms with Crippen molar-refractivity contribution in [3.05, 3.63) is 89.2 Å². The van der Waals surface area contributed by atoms with Crippen molar-refractivity contribution < 1.29 is 14.4 Å². The summed E-state index contributed by atoms with van der Waals surface area (Å²) in [5.41, 5.74) is 3.20. The molecule has 1 atom stereocenters. The highest BCUT2D eigenvalue weighted by atomic mass is 35.5. The molecule has 4 rings (SSSR count). The topological polar surface area (TPSA) is 68.4 Å². The molecule has 5 nitrogen and oxygen atoms in total. The Morgan fingerprint density at radius 1 is 1.04 bits per heavy atom. The summed E-state index contributed by atoms with van der Waals surface area (Å²) in [6.07, 6.45) is 2.30. The van der Waals surface area contributed by atoms with Gasteiger partial charge in [0.15, 0.2) is 5.76 Å². The maximum atomic E-state index is 11.2. The summed E-state index contributed by atoms with van der Waals surface area (Å²) in [6, 6.07) is 18.3. The van der Waals surface area contributed by atoms with Crippen LogP contribution in [0, 0.1) is 0 Å². The third-order valence-corrected chi connectivity index (χ3v) is 4.72. The lowest BCUT2D eigenvalue weighted by Crippen LogP contribution is -2.03. The van der Waals surface area contributed by atoms with E-state index in [0.29, 0.717) is 38.9 Å². The molecule has 0 bridgehead atoms. The summed E-state index contributed by atoms with van der Waals surface area (Å²) in [6.45, 7) is 0. The quantitative estimate of drug-likeness (QED) is 0.508. The summed E-state index contributed by atoms with van der Waals surface area (Å²) >= 11 is 6.02. The van der Waals surface area contributed by atoms with Crippen molar-refractivity contribution in [2.75, 3.05) is 7.11 Å².